The molecule has 1 saturated heterocycles. The van der Waals surface area contributed by atoms with Gasteiger partial charge in [0, 0.05) is 30.4 Å². The van der Waals surface area contributed by atoms with E-state index in [-0.39, 0.29) is 24.4 Å². The van der Waals surface area contributed by atoms with Crippen molar-refractivity contribution >= 4 is 17.5 Å². The molecule has 0 spiro atoms. The van der Waals surface area contributed by atoms with Crippen LogP contribution in [0.3, 0.4) is 0 Å². The highest BCUT2D eigenvalue weighted by Gasteiger charge is 2.25. The van der Waals surface area contributed by atoms with E-state index in [1.807, 2.05) is 4.90 Å². The van der Waals surface area contributed by atoms with Crippen molar-refractivity contribution in [3.05, 3.63) is 54.0 Å². The van der Waals surface area contributed by atoms with Gasteiger partial charge in [0.2, 0.25) is 23.6 Å². The number of anilines is 1. The molecule has 0 bridgehead atoms. The fourth-order valence-electron chi connectivity index (χ4n) is 2.78. The van der Waals surface area contributed by atoms with Crippen LogP contribution < -0.4 is 15.8 Å². The van der Waals surface area contributed by atoms with Crippen LogP contribution in [0, 0.1) is 5.95 Å². The summed E-state index contributed by atoms with van der Waals surface area (Å²) in [6, 6.07) is 10.8. The SMILES string of the molecule is NC(=O)c1ccc(NC(=O)CN2CCC(Oc3cccc(F)n3)C2)cc1. The van der Waals surface area contributed by atoms with E-state index >= 15 is 0 Å². The molecule has 1 aliphatic heterocycles. The van der Waals surface area contributed by atoms with Gasteiger partial charge in [-0.2, -0.15) is 9.37 Å². The lowest BCUT2D eigenvalue weighted by molar-refractivity contribution is -0.117. The molecule has 8 heteroatoms. The summed E-state index contributed by atoms with van der Waals surface area (Å²) in [5.74, 6) is -1.02. The van der Waals surface area contributed by atoms with E-state index in [1.165, 1.54) is 6.07 Å². The predicted molar refractivity (Wildman–Crippen MR) is 93.3 cm³/mol. The highest BCUT2D eigenvalue weighted by atomic mass is 19.1. The number of halogens is 1. The van der Waals surface area contributed by atoms with Crippen LogP contribution in [0.1, 0.15) is 16.8 Å². The first kappa shape index (κ1) is 17.8. The Morgan fingerprint density at radius 1 is 1.27 bits per heavy atom. The summed E-state index contributed by atoms with van der Waals surface area (Å²) in [6.07, 6.45) is 0.602. The fraction of sp³-hybridized carbons (Fsp3) is 0.278. The molecule has 1 aromatic heterocycles. The van der Waals surface area contributed by atoms with Gasteiger partial charge in [0.25, 0.3) is 0 Å². The second-order valence-electron chi connectivity index (χ2n) is 6.05. The molecule has 1 unspecified atom stereocenters. The van der Waals surface area contributed by atoms with Crippen LogP contribution in [-0.4, -0.2) is 47.4 Å². The number of ether oxygens (including phenoxy) is 1. The van der Waals surface area contributed by atoms with E-state index in [0.29, 0.717) is 24.3 Å². The van der Waals surface area contributed by atoms with Crippen LogP contribution in [0.25, 0.3) is 0 Å². The number of nitrogens with one attached hydrogen (secondary N) is 1. The Balaban J connectivity index is 1.47. The van der Waals surface area contributed by atoms with Crippen LogP contribution in [0.2, 0.25) is 0 Å². The molecule has 136 valence electrons. The zero-order chi connectivity index (χ0) is 18.5. The summed E-state index contributed by atoms with van der Waals surface area (Å²) in [5, 5.41) is 2.77. The van der Waals surface area contributed by atoms with Gasteiger partial charge >= 0.3 is 0 Å². The molecule has 3 N–H and O–H groups in total. The summed E-state index contributed by atoms with van der Waals surface area (Å²) in [6.45, 7) is 1.48. The molecule has 1 fully saturated rings. The third kappa shape index (κ3) is 4.76. The average Bonchev–Trinajstić information content (AvgIpc) is 3.02. The van der Waals surface area contributed by atoms with Crippen molar-refractivity contribution < 1.29 is 18.7 Å². The summed E-state index contributed by atoms with van der Waals surface area (Å²) in [7, 11) is 0. The molecule has 26 heavy (non-hydrogen) atoms. The van der Waals surface area contributed by atoms with Crippen LogP contribution in [0.5, 0.6) is 5.88 Å². The standard InChI is InChI=1S/C18H19FN4O3/c19-15-2-1-3-17(22-15)26-14-8-9-23(10-14)11-16(24)21-13-6-4-12(5-7-13)18(20)25/h1-7,14H,8-11H2,(H2,20,25)(H,21,24). The number of hydrogen-bond donors (Lipinski definition) is 2. The number of rotatable bonds is 6. The van der Waals surface area contributed by atoms with Gasteiger partial charge in [-0.25, -0.2) is 0 Å². The van der Waals surface area contributed by atoms with E-state index in [9.17, 15) is 14.0 Å². The number of benzene rings is 1. The molecule has 2 heterocycles. The molecule has 0 radical (unpaired) electrons. The maximum Gasteiger partial charge on any atom is 0.248 e. The van der Waals surface area contributed by atoms with Gasteiger partial charge in [0.1, 0.15) is 6.10 Å². The number of nitrogens with zero attached hydrogens (tertiary/aromatic N) is 2. The lowest BCUT2D eigenvalue weighted by atomic mass is 10.2. The van der Waals surface area contributed by atoms with Crippen molar-refractivity contribution in [2.45, 2.75) is 12.5 Å². The highest BCUT2D eigenvalue weighted by Crippen LogP contribution is 2.17. The number of primary amides is 1. The van der Waals surface area contributed by atoms with Crippen molar-refractivity contribution in [2.24, 2.45) is 5.73 Å². The molecule has 1 aromatic carbocycles. The van der Waals surface area contributed by atoms with E-state index < -0.39 is 11.9 Å². The van der Waals surface area contributed by atoms with Gasteiger partial charge in [-0.3, -0.25) is 14.5 Å². The minimum atomic E-state index is -0.584. The Morgan fingerprint density at radius 3 is 2.73 bits per heavy atom. The lowest BCUT2D eigenvalue weighted by Crippen LogP contribution is -2.33. The first-order valence-corrected chi connectivity index (χ1v) is 8.21. The van der Waals surface area contributed by atoms with Crippen molar-refractivity contribution in [1.29, 1.82) is 0 Å². The molecular formula is C18H19FN4O3. The summed E-state index contributed by atoms with van der Waals surface area (Å²) in [4.78, 5) is 28.8. The maximum atomic E-state index is 13.1. The van der Waals surface area contributed by atoms with E-state index in [2.05, 4.69) is 10.3 Å². The highest BCUT2D eigenvalue weighted by molar-refractivity contribution is 5.95. The second kappa shape index (κ2) is 7.92. The molecule has 1 aliphatic rings. The van der Waals surface area contributed by atoms with Crippen molar-refractivity contribution in [2.75, 3.05) is 25.0 Å². The van der Waals surface area contributed by atoms with Crippen molar-refractivity contribution in [3.8, 4) is 5.88 Å². The zero-order valence-electron chi connectivity index (χ0n) is 14.0. The average molecular weight is 358 g/mol. The maximum absolute atomic E-state index is 13.1. The molecule has 2 aromatic rings. The number of pyridine rings is 1. The monoisotopic (exact) mass is 358 g/mol. The molecule has 0 saturated carbocycles. The number of nitrogens with two attached hydrogens (primary N) is 1. The van der Waals surface area contributed by atoms with E-state index in [0.717, 1.165) is 6.42 Å². The Labute approximate surface area is 150 Å². The number of aromatic nitrogens is 1. The van der Waals surface area contributed by atoms with Gasteiger partial charge in [-0.15, -0.1) is 0 Å². The predicted octanol–water partition coefficient (Wildman–Crippen LogP) is 1.41. The minimum Gasteiger partial charge on any atom is -0.473 e. The smallest absolute Gasteiger partial charge is 0.248 e. The molecule has 0 aliphatic carbocycles. The van der Waals surface area contributed by atoms with Crippen molar-refractivity contribution in [1.82, 2.24) is 9.88 Å². The Hall–Kier alpha value is -3.00. The fourth-order valence-corrected chi connectivity index (χ4v) is 2.78. The van der Waals surface area contributed by atoms with Gasteiger partial charge in [-0.1, -0.05) is 6.07 Å². The molecule has 2 amide bonds. The van der Waals surface area contributed by atoms with E-state index in [1.54, 1.807) is 36.4 Å². The first-order valence-electron chi connectivity index (χ1n) is 8.21. The number of carbonyl (C=O) groups is 2. The first-order chi connectivity index (χ1) is 12.5. The molecular weight excluding hydrogens is 339 g/mol. The van der Waals surface area contributed by atoms with Crippen molar-refractivity contribution in [3.63, 3.8) is 0 Å². The normalized spacial score (nSPS) is 17.0. The minimum absolute atomic E-state index is 0.132. The Kier molecular flexibility index (Phi) is 5.43. The van der Waals surface area contributed by atoms with E-state index in [4.69, 9.17) is 10.5 Å². The van der Waals surface area contributed by atoms with Gasteiger partial charge in [0.05, 0.1) is 6.54 Å². The number of likely N-dealkylation sites (tertiary alicyclic amines) is 1. The number of amides is 2. The molecule has 3 rings (SSSR count). The van der Waals surface area contributed by atoms with Gasteiger partial charge in [-0.05, 0) is 36.8 Å². The third-order valence-corrected chi connectivity index (χ3v) is 4.03. The lowest BCUT2D eigenvalue weighted by Gasteiger charge is -2.16. The van der Waals surface area contributed by atoms with Crippen LogP contribution in [0.4, 0.5) is 10.1 Å². The topological polar surface area (TPSA) is 97.5 Å². The molecule has 1 atom stereocenters. The quantitative estimate of drug-likeness (QED) is 0.761. The van der Waals surface area contributed by atoms with Gasteiger partial charge < -0.3 is 15.8 Å². The third-order valence-electron chi connectivity index (χ3n) is 4.03. The summed E-state index contributed by atoms with van der Waals surface area (Å²) < 4.78 is 18.7. The Morgan fingerprint density at radius 2 is 2.04 bits per heavy atom. The summed E-state index contributed by atoms with van der Waals surface area (Å²) in [5.41, 5.74) is 6.16. The van der Waals surface area contributed by atoms with Crippen LogP contribution >= 0.6 is 0 Å². The van der Waals surface area contributed by atoms with Crippen LogP contribution in [-0.2, 0) is 4.79 Å². The van der Waals surface area contributed by atoms with Gasteiger partial charge in [0.15, 0.2) is 0 Å². The Bertz CT molecular complexity index is 797. The number of hydrogen-bond acceptors (Lipinski definition) is 5. The summed E-state index contributed by atoms with van der Waals surface area (Å²) >= 11 is 0. The molecule has 7 nitrogen and oxygen atoms in total. The van der Waals surface area contributed by atoms with Crippen LogP contribution in [0.15, 0.2) is 42.5 Å². The zero-order valence-corrected chi connectivity index (χ0v) is 14.0. The largest absolute Gasteiger partial charge is 0.473 e. The number of carbonyl (C=O) groups excluding carboxylic acids is 2. The second-order valence-corrected chi connectivity index (χ2v) is 6.05.